The van der Waals surface area contributed by atoms with Crippen molar-refractivity contribution in [2.75, 3.05) is 0 Å². The molecule has 2 nitrogen and oxygen atoms in total. The van der Waals surface area contributed by atoms with Crippen molar-refractivity contribution in [1.82, 2.24) is 0 Å². The lowest BCUT2D eigenvalue weighted by Crippen LogP contribution is -1.78. The molecular weight excluding hydrogens is 146 g/mol. The largest absolute Gasteiger partial charge is 0.507 e. The van der Waals surface area contributed by atoms with Crippen LogP contribution in [0.3, 0.4) is 0 Å². The van der Waals surface area contributed by atoms with Crippen LogP contribution in [0, 0.1) is 0 Å². The molecule has 0 aliphatic heterocycles. The summed E-state index contributed by atoms with van der Waals surface area (Å²) in [7, 11) is 0. The minimum absolute atomic E-state index is 0.223. The van der Waals surface area contributed by atoms with E-state index in [1.165, 1.54) is 6.21 Å². The van der Waals surface area contributed by atoms with E-state index in [4.69, 9.17) is 5.11 Å². The fourth-order valence-electron chi connectivity index (χ4n) is 0.659. The number of thiol groups is 1. The van der Waals surface area contributed by atoms with Crippen molar-refractivity contribution >= 4 is 19.0 Å². The zero-order chi connectivity index (χ0) is 7.40. The van der Waals surface area contributed by atoms with Crippen LogP contribution in [-0.2, 0) is 0 Å². The van der Waals surface area contributed by atoms with Gasteiger partial charge in [-0.1, -0.05) is 12.1 Å². The topological polar surface area (TPSA) is 32.6 Å². The Morgan fingerprint density at radius 2 is 2.10 bits per heavy atom. The number of nitrogens with zero attached hydrogens (tertiary/aromatic N) is 1. The first kappa shape index (κ1) is 7.15. The summed E-state index contributed by atoms with van der Waals surface area (Å²) >= 11 is 3.64. The number of aromatic hydroxyl groups is 1. The Labute approximate surface area is 64.8 Å². The second-order valence-electron chi connectivity index (χ2n) is 1.80. The van der Waals surface area contributed by atoms with Gasteiger partial charge < -0.3 is 5.11 Å². The zero-order valence-electron chi connectivity index (χ0n) is 5.23. The van der Waals surface area contributed by atoms with Crippen LogP contribution in [0.4, 0.5) is 0 Å². The number of hydrogen-bond acceptors (Lipinski definition) is 3. The maximum absolute atomic E-state index is 9.12. The predicted molar refractivity (Wildman–Crippen MR) is 44.7 cm³/mol. The molecule has 0 amide bonds. The Morgan fingerprint density at radius 1 is 1.40 bits per heavy atom. The first-order chi connectivity index (χ1) is 4.84. The van der Waals surface area contributed by atoms with Gasteiger partial charge in [0.15, 0.2) is 0 Å². The van der Waals surface area contributed by atoms with E-state index in [9.17, 15) is 0 Å². The molecule has 1 aromatic rings. The quantitative estimate of drug-likeness (QED) is 0.466. The van der Waals surface area contributed by atoms with E-state index in [1.54, 1.807) is 18.2 Å². The highest BCUT2D eigenvalue weighted by molar-refractivity contribution is 7.79. The van der Waals surface area contributed by atoms with E-state index in [2.05, 4.69) is 17.2 Å². The molecule has 0 saturated carbocycles. The lowest BCUT2D eigenvalue weighted by Gasteiger charge is -1.93. The van der Waals surface area contributed by atoms with Crippen LogP contribution < -0.4 is 0 Å². The van der Waals surface area contributed by atoms with Crippen molar-refractivity contribution in [3.05, 3.63) is 29.8 Å². The zero-order valence-corrected chi connectivity index (χ0v) is 6.12. The van der Waals surface area contributed by atoms with Gasteiger partial charge in [0.25, 0.3) is 0 Å². The van der Waals surface area contributed by atoms with E-state index in [0.29, 0.717) is 5.56 Å². The molecular formula is C7H7NOS. The summed E-state index contributed by atoms with van der Waals surface area (Å²) in [5.41, 5.74) is 0.678. The molecule has 52 valence electrons. The normalized spacial score (nSPS) is 10.5. The fourth-order valence-corrected chi connectivity index (χ4v) is 0.783. The predicted octanol–water partition coefficient (Wildman–Crippen LogP) is 1.66. The lowest BCUT2D eigenvalue weighted by atomic mass is 10.2. The van der Waals surface area contributed by atoms with Crippen molar-refractivity contribution in [2.24, 2.45) is 4.40 Å². The van der Waals surface area contributed by atoms with Crippen molar-refractivity contribution in [2.45, 2.75) is 0 Å². The van der Waals surface area contributed by atoms with Crippen LogP contribution in [0.25, 0.3) is 0 Å². The van der Waals surface area contributed by atoms with E-state index < -0.39 is 0 Å². The van der Waals surface area contributed by atoms with Crippen molar-refractivity contribution < 1.29 is 5.11 Å². The molecule has 1 aromatic carbocycles. The molecule has 0 aliphatic carbocycles. The number of rotatable bonds is 1. The first-order valence-corrected chi connectivity index (χ1v) is 3.20. The smallest absolute Gasteiger partial charge is 0.124 e. The second-order valence-corrected chi connectivity index (χ2v) is 2.03. The number of phenolic OH excluding ortho intramolecular Hbond substituents is 1. The third-order valence-electron chi connectivity index (χ3n) is 1.13. The van der Waals surface area contributed by atoms with Gasteiger partial charge in [-0.05, 0) is 24.9 Å². The molecule has 0 bridgehead atoms. The Balaban J connectivity index is 3.03. The molecule has 0 saturated heterocycles. The van der Waals surface area contributed by atoms with Crippen LogP contribution in [0.1, 0.15) is 5.56 Å². The molecule has 0 unspecified atom stereocenters. The number of para-hydroxylation sites is 1. The van der Waals surface area contributed by atoms with Gasteiger partial charge in [-0.25, -0.2) is 4.40 Å². The maximum Gasteiger partial charge on any atom is 0.124 e. The summed E-state index contributed by atoms with van der Waals surface area (Å²) in [6.07, 6.45) is 1.48. The molecule has 0 spiro atoms. The van der Waals surface area contributed by atoms with Crippen LogP contribution in [0.15, 0.2) is 28.7 Å². The highest BCUT2D eigenvalue weighted by Gasteiger charge is 1.92. The average molecular weight is 153 g/mol. The Morgan fingerprint density at radius 3 is 2.70 bits per heavy atom. The molecule has 0 aliphatic rings. The van der Waals surface area contributed by atoms with Gasteiger partial charge in [0.2, 0.25) is 0 Å². The van der Waals surface area contributed by atoms with E-state index in [0.717, 1.165) is 0 Å². The molecule has 1 rings (SSSR count). The van der Waals surface area contributed by atoms with E-state index >= 15 is 0 Å². The monoisotopic (exact) mass is 153 g/mol. The maximum atomic E-state index is 9.12. The Kier molecular flexibility index (Phi) is 2.34. The second kappa shape index (κ2) is 3.27. The minimum Gasteiger partial charge on any atom is -0.507 e. The van der Waals surface area contributed by atoms with Gasteiger partial charge >= 0.3 is 0 Å². The molecule has 1 N–H and O–H groups in total. The van der Waals surface area contributed by atoms with Gasteiger partial charge in [0, 0.05) is 11.8 Å². The Hall–Kier alpha value is -0.960. The third kappa shape index (κ3) is 1.51. The van der Waals surface area contributed by atoms with Crippen molar-refractivity contribution in [1.29, 1.82) is 0 Å². The highest BCUT2D eigenvalue weighted by Crippen LogP contribution is 2.12. The van der Waals surface area contributed by atoms with Crippen molar-refractivity contribution in [3.8, 4) is 5.75 Å². The minimum atomic E-state index is 0.223. The van der Waals surface area contributed by atoms with E-state index in [1.807, 2.05) is 6.07 Å². The third-order valence-corrected chi connectivity index (χ3v) is 1.25. The summed E-state index contributed by atoms with van der Waals surface area (Å²) in [4.78, 5) is 0. The van der Waals surface area contributed by atoms with Gasteiger partial charge in [0.05, 0.1) is 0 Å². The van der Waals surface area contributed by atoms with Gasteiger partial charge in [-0.3, -0.25) is 0 Å². The number of hydrogen-bond donors (Lipinski definition) is 2. The molecule has 3 heteroatoms. The molecule has 0 atom stereocenters. The highest BCUT2D eigenvalue weighted by atomic mass is 32.1. The fraction of sp³-hybridized carbons (Fsp3) is 0. The molecule has 10 heavy (non-hydrogen) atoms. The molecule has 0 aromatic heterocycles. The summed E-state index contributed by atoms with van der Waals surface area (Å²) in [5, 5.41) is 9.12. The van der Waals surface area contributed by atoms with Gasteiger partial charge in [-0.15, -0.1) is 0 Å². The molecule has 0 fully saturated rings. The van der Waals surface area contributed by atoms with E-state index in [-0.39, 0.29) is 5.75 Å². The summed E-state index contributed by atoms with van der Waals surface area (Å²) in [6.45, 7) is 0. The van der Waals surface area contributed by atoms with Crippen LogP contribution in [0.5, 0.6) is 5.75 Å². The lowest BCUT2D eigenvalue weighted by molar-refractivity contribution is 0.474. The summed E-state index contributed by atoms with van der Waals surface area (Å²) in [5.74, 6) is 0.223. The Bertz CT molecular complexity index is 247. The number of phenols is 1. The van der Waals surface area contributed by atoms with Gasteiger partial charge in [-0.2, -0.15) is 0 Å². The summed E-state index contributed by atoms with van der Waals surface area (Å²) < 4.78 is 3.48. The van der Waals surface area contributed by atoms with Crippen LogP contribution in [-0.4, -0.2) is 11.3 Å². The summed E-state index contributed by atoms with van der Waals surface area (Å²) in [6, 6.07) is 6.94. The first-order valence-electron chi connectivity index (χ1n) is 2.80. The standard InChI is InChI=1S/C7H7NOS/c9-7-4-2-1-3-6(7)5-8-10/h1-5,9-10H. The van der Waals surface area contributed by atoms with Gasteiger partial charge in [0.1, 0.15) is 5.75 Å². The molecule has 0 heterocycles. The average Bonchev–Trinajstić information content (AvgIpc) is 1.94. The molecule has 0 radical (unpaired) electrons. The van der Waals surface area contributed by atoms with Crippen molar-refractivity contribution in [3.63, 3.8) is 0 Å². The van der Waals surface area contributed by atoms with Crippen LogP contribution in [0.2, 0.25) is 0 Å². The number of benzene rings is 1. The SMILES string of the molecule is Oc1ccccc1C=NS. The van der Waals surface area contributed by atoms with Crippen LogP contribution >= 0.6 is 12.8 Å².